The molecule has 0 aliphatic heterocycles. The Hall–Kier alpha value is -3.14. The average Bonchev–Trinajstić information content (AvgIpc) is 2.67. The lowest BCUT2D eigenvalue weighted by Gasteiger charge is -2.18. The second-order valence-electron chi connectivity index (χ2n) is 6.73. The molecule has 0 spiro atoms. The van der Waals surface area contributed by atoms with Gasteiger partial charge < -0.3 is 5.32 Å². The molecular weight excluding hydrogens is 334 g/mol. The predicted molar refractivity (Wildman–Crippen MR) is 113 cm³/mol. The summed E-state index contributed by atoms with van der Waals surface area (Å²) in [7, 11) is 0. The van der Waals surface area contributed by atoms with Crippen LogP contribution in [0.5, 0.6) is 0 Å². The third kappa shape index (κ3) is 4.53. The van der Waals surface area contributed by atoms with Crippen LogP contribution in [0.4, 0.5) is 5.69 Å². The van der Waals surface area contributed by atoms with Gasteiger partial charge in [-0.3, -0.25) is 4.79 Å². The van der Waals surface area contributed by atoms with Crippen LogP contribution < -0.4 is 10.7 Å². The summed E-state index contributed by atoms with van der Waals surface area (Å²) in [5.74, 6) is -0.144. The molecule has 3 aromatic carbocycles. The third-order valence-corrected chi connectivity index (χ3v) is 4.64. The number of hydrazone groups is 1. The Kier molecular flexibility index (Phi) is 5.87. The van der Waals surface area contributed by atoms with Gasteiger partial charge in [0.15, 0.2) is 0 Å². The van der Waals surface area contributed by atoms with Gasteiger partial charge in [-0.2, -0.15) is 5.10 Å². The van der Waals surface area contributed by atoms with E-state index in [0.29, 0.717) is 6.42 Å². The molecule has 0 aromatic heterocycles. The van der Waals surface area contributed by atoms with Crippen molar-refractivity contribution in [2.45, 2.75) is 33.2 Å². The van der Waals surface area contributed by atoms with Crippen LogP contribution >= 0.6 is 0 Å². The Bertz CT molecular complexity index is 973. The smallest absolute Gasteiger partial charge is 0.262 e. The van der Waals surface area contributed by atoms with Gasteiger partial charge in [-0.15, -0.1) is 0 Å². The number of carbonyl (C=O) groups excluding carboxylic acids is 1. The molecule has 0 bridgehead atoms. The van der Waals surface area contributed by atoms with Crippen LogP contribution in [0, 0.1) is 13.8 Å². The first-order chi connectivity index (χ1) is 13.1. The summed E-state index contributed by atoms with van der Waals surface area (Å²) in [6.45, 7) is 6.08. The summed E-state index contributed by atoms with van der Waals surface area (Å²) in [5.41, 5.74) is 6.94. The van der Waals surface area contributed by atoms with Gasteiger partial charge in [-0.25, -0.2) is 5.43 Å². The second-order valence-corrected chi connectivity index (χ2v) is 6.73. The highest BCUT2D eigenvalue weighted by molar-refractivity contribution is 6.00. The molecular formula is C23H25N3O. The number of nitrogens with zero attached hydrogens (tertiary/aromatic N) is 1. The van der Waals surface area contributed by atoms with Crippen molar-refractivity contribution in [1.82, 2.24) is 5.43 Å². The van der Waals surface area contributed by atoms with Crippen LogP contribution in [-0.4, -0.2) is 18.2 Å². The first kappa shape index (κ1) is 18.6. The zero-order valence-electron chi connectivity index (χ0n) is 16.0. The van der Waals surface area contributed by atoms with Gasteiger partial charge in [0.25, 0.3) is 5.91 Å². The highest BCUT2D eigenvalue weighted by atomic mass is 16.2. The van der Waals surface area contributed by atoms with Gasteiger partial charge in [0.2, 0.25) is 0 Å². The standard InChI is InChI=1S/C23H25N3O/c1-4-21(25-22-13-12-16(2)14-17(22)3)23(27)26-24-15-19-10-7-9-18-8-5-6-11-20(18)19/h5-15,21,25H,4H2,1-3H3,(H,26,27)/t21-/m0/s1. The zero-order chi connectivity index (χ0) is 19.2. The molecule has 0 radical (unpaired) electrons. The van der Waals surface area contributed by atoms with E-state index in [9.17, 15) is 4.79 Å². The predicted octanol–water partition coefficient (Wildman–Crippen LogP) is 4.80. The SMILES string of the molecule is CC[C@H](Nc1ccc(C)cc1C)C(=O)NN=Cc1cccc2ccccc12. The molecule has 0 saturated heterocycles. The van der Waals surface area contributed by atoms with E-state index in [4.69, 9.17) is 0 Å². The highest BCUT2D eigenvalue weighted by Crippen LogP contribution is 2.18. The lowest BCUT2D eigenvalue weighted by molar-refractivity contribution is -0.121. The van der Waals surface area contributed by atoms with Crippen molar-refractivity contribution in [3.63, 3.8) is 0 Å². The van der Waals surface area contributed by atoms with E-state index in [2.05, 4.69) is 47.0 Å². The second kappa shape index (κ2) is 8.49. The maximum Gasteiger partial charge on any atom is 0.262 e. The molecule has 1 atom stereocenters. The molecule has 4 heteroatoms. The number of hydrogen-bond donors (Lipinski definition) is 2. The van der Waals surface area contributed by atoms with Crippen molar-refractivity contribution < 1.29 is 4.79 Å². The molecule has 3 aromatic rings. The molecule has 1 amide bonds. The van der Waals surface area contributed by atoms with Crippen LogP contribution in [0.1, 0.15) is 30.0 Å². The maximum absolute atomic E-state index is 12.5. The first-order valence-electron chi connectivity index (χ1n) is 9.23. The lowest BCUT2D eigenvalue weighted by Crippen LogP contribution is -2.37. The molecule has 0 saturated carbocycles. The molecule has 0 aliphatic carbocycles. The van der Waals surface area contributed by atoms with Crippen molar-refractivity contribution in [3.05, 3.63) is 77.4 Å². The fourth-order valence-electron chi connectivity index (χ4n) is 3.12. The topological polar surface area (TPSA) is 53.5 Å². The molecule has 27 heavy (non-hydrogen) atoms. The summed E-state index contributed by atoms with van der Waals surface area (Å²) in [6, 6.07) is 20.0. The van der Waals surface area contributed by atoms with Crippen LogP contribution in [0.15, 0.2) is 65.8 Å². The number of aryl methyl sites for hydroxylation is 2. The molecule has 2 N–H and O–H groups in total. The van der Waals surface area contributed by atoms with E-state index in [0.717, 1.165) is 27.6 Å². The van der Waals surface area contributed by atoms with E-state index >= 15 is 0 Å². The Morgan fingerprint density at radius 2 is 1.85 bits per heavy atom. The molecule has 0 aliphatic rings. The molecule has 0 fully saturated rings. The lowest BCUT2D eigenvalue weighted by atomic mass is 10.1. The van der Waals surface area contributed by atoms with Gasteiger partial charge in [0.05, 0.1) is 6.21 Å². The normalized spacial score (nSPS) is 12.3. The van der Waals surface area contributed by atoms with Crippen LogP contribution in [0.3, 0.4) is 0 Å². The molecule has 138 valence electrons. The van der Waals surface area contributed by atoms with Crippen molar-refractivity contribution in [2.75, 3.05) is 5.32 Å². The van der Waals surface area contributed by atoms with Crippen LogP contribution in [-0.2, 0) is 4.79 Å². The monoisotopic (exact) mass is 359 g/mol. The number of rotatable bonds is 6. The minimum Gasteiger partial charge on any atom is -0.373 e. The quantitative estimate of drug-likeness (QED) is 0.491. The number of anilines is 1. The number of amides is 1. The fraction of sp³-hybridized carbons (Fsp3) is 0.217. The van der Waals surface area contributed by atoms with Gasteiger partial charge in [-0.1, -0.05) is 67.1 Å². The van der Waals surface area contributed by atoms with Crippen molar-refractivity contribution >= 4 is 28.6 Å². The molecule has 3 rings (SSSR count). The Morgan fingerprint density at radius 3 is 2.63 bits per heavy atom. The molecule has 0 unspecified atom stereocenters. The van der Waals surface area contributed by atoms with E-state index in [1.165, 1.54) is 5.56 Å². The number of fused-ring (bicyclic) bond motifs is 1. The number of benzene rings is 3. The van der Waals surface area contributed by atoms with Crippen LogP contribution in [0.2, 0.25) is 0 Å². The number of hydrogen-bond acceptors (Lipinski definition) is 3. The fourth-order valence-corrected chi connectivity index (χ4v) is 3.12. The van der Waals surface area contributed by atoms with E-state index < -0.39 is 0 Å². The van der Waals surface area contributed by atoms with Crippen LogP contribution in [0.25, 0.3) is 10.8 Å². The van der Waals surface area contributed by atoms with E-state index in [1.54, 1.807) is 6.21 Å². The highest BCUT2D eigenvalue weighted by Gasteiger charge is 2.16. The zero-order valence-corrected chi connectivity index (χ0v) is 16.0. The number of nitrogens with one attached hydrogen (secondary N) is 2. The third-order valence-electron chi connectivity index (χ3n) is 4.64. The van der Waals surface area contributed by atoms with E-state index in [1.807, 2.05) is 50.2 Å². The Morgan fingerprint density at radius 1 is 1.07 bits per heavy atom. The van der Waals surface area contributed by atoms with Gasteiger partial charge in [0, 0.05) is 11.3 Å². The van der Waals surface area contributed by atoms with Gasteiger partial charge in [0.1, 0.15) is 6.04 Å². The Labute approximate surface area is 160 Å². The summed E-state index contributed by atoms with van der Waals surface area (Å²) in [5, 5.41) is 9.75. The summed E-state index contributed by atoms with van der Waals surface area (Å²) < 4.78 is 0. The number of carbonyl (C=O) groups is 1. The maximum atomic E-state index is 12.5. The summed E-state index contributed by atoms with van der Waals surface area (Å²) in [4.78, 5) is 12.5. The summed E-state index contributed by atoms with van der Waals surface area (Å²) >= 11 is 0. The average molecular weight is 359 g/mol. The van der Waals surface area contributed by atoms with Crippen molar-refractivity contribution in [2.24, 2.45) is 5.10 Å². The Balaban J connectivity index is 1.68. The first-order valence-corrected chi connectivity index (χ1v) is 9.23. The van der Waals surface area contributed by atoms with Crippen molar-refractivity contribution in [1.29, 1.82) is 0 Å². The van der Waals surface area contributed by atoms with E-state index in [-0.39, 0.29) is 11.9 Å². The van der Waals surface area contributed by atoms with Gasteiger partial charge in [-0.05, 0) is 42.7 Å². The summed E-state index contributed by atoms with van der Waals surface area (Å²) in [6.07, 6.45) is 2.37. The minimum absolute atomic E-state index is 0.144. The van der Waals surface area contributed by atoms with Gasteiger partial charge >= 0.3 is 0 Å². The minimum atomic E-state index is -0.337. The molecule has 0 heterocycles. The largest absolute Gasteiger partial charge is 0.373 e. The molecule has 4 nitrogen and oxygen atoms in total. The van der Waals surface area contributed by atoms with Crippen molar-refractivity contribution in [3.8, 4) is 0 Å².